The van der Waals surface area contributed by atoms with E-state index in [9.17, 15) is 4.39 Å². The quantitative estimate of drug-likeness (QED) is 0.773. The van der Waals surface area contributed by atoms with Crippen molar-refractivity contribution < 1.29 is 4.39 Å². The Bertz CT molecular complexity index is 376. The first kappa shape index (κ1) is 15.1. The Morgan fingerprint density at radius 2 is 1.44 bits per heavy atom. The van der Waals surface area contributed by atoms with Crippen molar-refractivity contribution in [1.82, 2.24) is 9.97 Å². The molecular formula is C15H25FN2. The van der Waals surface area contributed by atoms with Gasteiger partial charge < -0.3 is 0 Å². The zero-order valence-electron chi connectivity index (χ0n) is 12.4. The number of aryl methyl sites for hydroxylation is 2. The van der Waals surface area contributed by atoms with E-state index in [2.05, 4.69) is 30.7 Å². The molecule has 0 N–H and O–H groups in total. The minimum atomic E-state index is -0.746. The molecule has 0 aromatic carbocycles. The van der Waals surface area contributed by atoms with Crippen LogP contribution < -0.4 is 0 Å². The lowest BCUT2D eigenvalue weighted by molar-refractivity contribution is 0.325. The number of halogens is 1. The van der Waals surface area contributed by atoms with Gasteiger partial charge in [0.1, 0.15) is 5.82 Å². The van der Waals surface area contributed by atoms with E-state index in [1.807, 2.05) is 13.8 Å². The highest BCUT2D eigenvalue weighted by Crippen LogP contribution is 2.25. The molecule has 0 aliphatic heterocycles. The topological polar surface area (TPSA) is 25.8 Å². The summed E-state index contributed by atoms with van der Waals surface area (Å²) in [5.41, 5.74) is 3.37. The van der Waals surface area contributed by atoms with Crippen molar-refractivity contribution >= 4 is 0 Å². The van der Waals surface area contributed by atoms with Gasteiger partial charge in [-0.1, -0.05) is 20.8 Å². The molecule has 1 unspecified atom stereocenters. The zero-order valence-corrected chi connectivity index (χ0v) is 12.4. The Balaban J connectivity index is 2.92. The maximum atomic E-state index is 12.9. The Labute approximate surface area is 110 Å². The number of rotatable bonds is 5. The first-order valence-corrected chi connectivity index (χ1v) is 6.82. The van der Waals surface area contributed by atoms with E-state index in [-0.39, 0.29) is 5.92 Å². The van der Waals surface area contributed by atoms with Crippen molar-refractivity contribution in [3.05, 3.63) is 22.8 Å². The minimum Gasteiger partial charge on any atom is -0.248 e. The Kier molecular flexibility index (Phi) is 5.24. The zero-order chi connectivity index (χ0) is 13.9. The summed E-state index contributed by atoms with van der Waals surface area (Å²) in [6, 6.07) is 0. The maximum absolute atomic E-state index is 12.9. The summed E-state index contributed by atoms with van der Waals surface area (Å²) in [5, 5.41) is 0. The second kappa shape index (κ2) is 6.26. The summed E-state index contributed by atoms with van der Waals surface area (Å²) in [6.07, 6.45) is 0.635. The van der Waals surface area contributed by atoms with Crippen LogP contribution in [0.25, 0.3) is 0 Å². The molecule has 1 aromatic heterocycles. The van der Waals surface area contributed by atoms with Gasteiger partial charge in [-0.2, -0.15) is 0 Å². The molecule has 2 atom stereocenters. The number of hydrogen-bond donors (Lipinski definition) is 0. The Morgan fingerprint density at radius 3 is 1.83 bits per heavy atom. The lowest BCUT2D eigenvalue weighted by Crippen LogP contribution is -2.10. The van der Waals surface area contributed by atoms with Gasteiger partial charge in [-0.05, 0) is 45.1 Å². The van der Waals surface area contributed by atoms with Crippen molar-refractivity contribution in [3.63, 3.8) is 0 Å². The van der Waals surface area contributed by atoms with Gasteiger partial charge in [0.2, 0.25) is 0 Å². The largest absolute Gasteiger partial charge is 0.248 e. The third-order valence-corrected chi connectivity index (χ3v) is 3.36. The van der Waals surface area contributed by atoms with Crippen LogP contribution in [0.4, 0.5) is 4.39 Å². The van der Waals surface area contributed by atoms with Gasteiger partial charge in [0, 0.05) is 17.3 Å². The smallest absolute Gasteiger partial charge is 0.131 e. The molecule has 0 fully saturated rings. The lowest BCUT2D eigenvalue weighted by Gasteiger charge is -2.17. The molecule has 0 aliphatic carbocycles. The van der Waals surface area contributed by atoms with E-state index in [0.29, 0.717) is 12.3 Å². The molecule has 0 amide bonds. The SMILES string of the molecule is Cc1nc([C@@H](C)CCC(C)F)nc(C)c1C(C)C. The third kappa shape index (κ3) is 3.76. The van der Waals surface area contributed by atoms with Crippen molar-refractivity contribution in [3.8, 4) is 0 Å². The molecule has 18 heavy (non-hydrogen) atoms. The van der Waals surface area contributed by atoms with Gasteiger partial charge in [0.15, 0.2) is 0 Å². The number of aromatic nitrogens is 2. The molecule has 2 nitrogen and oxygen atoms in total. The molecule has 1 rings (SSSR count). The maximum Gasteiger partial charge on any atom is 0.131 e. The van der Waals surface area contributed by atoms with E-state index in [4.69, 9.17) is 0 Å². The average Bonchev–Trinajstić information content (AvgIpc) is 2.24. The van der Waals surface area contributed by atoms with Crippen LogP contribution >= 0.6 is 0 Å². The van der Waals surface area contributed by atoms with Gasteiger partial charge in [-0.3, -0.25) is 0 Å². The van der Waals surface area contributed by atoms with E-state index >= 15 is 0 Å². The van der Waals surface area contributed by atoms with Crippen LogP contribution in [0.3, 0.4) is 0 Å². The van der Waals surface area contributed by atoms with Crippen LogP contribution in [0.5, 0.6) is 0 Å². The van der Waals surface area contributed by atoms with Crippen molar-refractivity contribution in [2.45, 2.75) is 72.4 Å². The molecule has 0 saturated carbocycles. The van der Waals surface area contributed by atoms with Crippen LogP contribution in [-0.4, -0.2) is 16.1 Å². The van der Waals surface area contributed by atoms with Gasteiger partial charge in [0.25, 0.3) is 0 Å². The third-order valence-electron chi connectivity index (χ3n) is 3.36. The van der Waals surface area contributed by atoms with E-state index in [1.54, 1.807) is 6.92 Å². The summed E-state index contributed by atoms with van der Waals surface area (Å²) in [5.74, 6) is 1.53. The molecule has 1 aromatic rings. The molecule has 1 heterocycles. The average molecular weight is 252 g/mol. The fourth-order valence-electron chi connectivity index (χ4n) is 2.42. The predicted molar refractivity (Wildman–Crippen MR) is 73.8 cm³/mol. The minimum absolute atomic E-state index is 0.224. The normalized spacial score (nSPS) is 14.9. The fraction of sp³-hybridized carbons (Fsp3) is 0.733. The number of hydrogen-bond acceptors (Lipinski definition) is 2. The standard InChI is InChI=1S/C15H25FN2/c1-9(2)14-12(5)17-15(18-13(14)6)10(3)7-8-11(4)16/h9-11H,7-8H2,1-6H3/t10-,11?/m0/s1. The highest BCUT2D eigenvalue weighted by Gasteiger charge is 2.16. The van der Waals surface area contributed by atoms with Crippen LogP contribution in [-0.2, 0) is 0 Å². The molecule has 0 radical (unpaired) electrons. The molecule has 0 saturated heterocycles. The van der Waals surface area contributed by atoms with Crippen LogP contribution in [0.15, 0.2) is 0 Å². The van der Waals surface area contributed by atoms with Gasteiger partial charge in [-0.15, -0.1) is 0 Å². The van der Waals surface area contributed by atoms with E-state index in [0.717, 1.165) is 23.6 Å². The molecule has 0 bridgehead atoms. The Hall–Kier alpha value is -0.990. The second-order valence-electron chi connectivity index (χ2n) is 5.58. The highest BCUT2D eigenvalue weighted by atomic mass is 19.1. The highest BCUT2D eigenvalue weighted by molar-refractivity contribution is 5.27. The molecule has 0 aliphatic rings. The predicted octanol–water partition coefficient (Wildman–Crippen LogP) is 4.46. The van der Waals surface area contributed by atoms with Gasteiger partial charge >= 0.3 is 0 Å². The number of alkyl halides is 1. The van der Waals surface area contributed by atoms with E-state index < -0.39 is 6.17 Å². The summed E-state index contributed by atoms with van der Waals surface area (Å²) < 4.78 is 12.9. The summed E-state index contributed by atoms with van der Waals surface area (Å²) in [4.78, 5) is 9.20. The van der Waals surface area contributed by atoms with Gasteiger partial charge in [0.05, 0.1) is 6.17 Å². The van der Waals surface area contributed by atoms with Crippen molar-refractivity contribution in [2.75, 3.05) is 0 Å². The van der Waals surface area contributed by atoms with Crippen molar-refractivity contribution in [2.24, 2.45) is 0 Å². The summed E-state index contributed by atoms with van der Waals surface area (Å²) in [7, 11) is 0. The van der Waals surface area contributed by atoms with Crippen LogP contribution in [0.2, 0.25) is 0 Å². The van der Waals surface area contributed by atoms with Crippen molar-refractivity contribution in [1.29, 1.82) is 0 Å². The molecule has 0 spiro atoms. The van der Waals surface area contributed by atoms with Gasteiger partial charge in [-0.25, -0.2) is 14.4 Å². The fourth-order valence-corrected chi connectivity index (χ4v) is 2.42. The second-order valence-corrected chi connectivity index (χ2v) is 5.58. The molecule has 3 heteroatoms. The lowest BCUT2D eigenvalue weighted by atomic mass is 9.98. The molecular weight excluding hydrogens is 227 g/mol. The molecule has 102 valence electrons. The van der Waals surface area contributed by atoms with Crippen LogP contribution in [0, 0.1) is 13.8 Å². The number of nitrogens with zero attached hydrogens (tertiary/aromatic N) is 2. The Morgan fingerprint density at radius 1 is 0.944 bits per heavy atom. The first-order valence-electron chi connectivity index (χ1n) is 6.82. The summed E-state index contributed by atoms with van der Waals surface area (Å²) in [6.45, 7) is 12.1. The monoisotopic (exact) mass is 252 g/mol. The van der Waals surface area contributed by atoms with Crippen LogP contribution in [0.1, 0.15) is 75.1 Å². The first-order chi connectivity index (χ1) is 8.32. The summed E-state index contributed by atoms with van der Waals surface area (Å²) >= 11 is 0. The van der Waals surface area contributed by atoms with E-state index in [1.165, 1.54) is 5.56 Å².